The number of nitrogens with zero attached hydrogens (tertiary/aromatic N) is 4. The second kappa shape index (κ2) is 13.9. The summed E-state index contributed by atoms with van der Waals surface area (Å²) in [6, 6.07) is 54.8. The molecule has 0 aliphatic carbocycles. The van der Waals surface area contributed by atoms with Crippen LogP contribution in [-0.2, 0) is 0 Å². The molecule has 1 aliphatic heterocycles. The Kier molecular flexibility index (Phi) is 8.12. The smallest absolute Gasteiger partial charge is 0.165 e. The molecular formula is C54H36N4O. The minimum absolute atomic E-state index is 0.576. The molecule has 0 amide bonds. The van der Waals surface area contributed by atoms with Gasteiger partial charge in [0, 0.05) is 38.8 Å². The van der Waals surface area contributed by atoms with Crippen LogP contribution >= 0.6 is 0 Å². The molecule has 0 atom stereocenters. The fourth-order valence-electron chi connectivity index (χ4n) is 8.48. The summed E-state index contributed by atoms with van der Waals surface area (Å²) in [4.78, 5) is 18.0. The molecule has 0 radical (unpaired) electrons. The van der Waals surface area contributed by atoms with Crippen LogP contribution in [0.5, 0.6) is 0 Å². The largest absolute Gasteiger partial charge is 0.456 e. The number of benzene rings is 8. The minimum atomic E-state index is 0.576. The molecule has 11 rings (SSSR count). The van der Waals surface area contributed by atoms with Crippen molar-refractivity contribution >= 4 is 71.7 Å². The second-order valence-electron chi connectivity index (χ2n) is 15.0. The molecule has 0 fully saturated rings. The average Bonchev–Trinajstić information content (AvgIpc) is 3.64. The minimum Gasteiger partial charge on any atom is -0.456 e. The quantitative estimate of drug-likeness (QED) is 0.179. The first-order chi connectivity index (χ1) is 29.1. The van der Waals surface area contributed by atoms with Crippen molar-refractivity contribution in [3.63, 3.8) is 0 Å². The molecule has 0 spiro atoms. The van der Waals surface area contributed by atoms with Gasteiger partial charge in [0.05, 0.1) is 5.69 Å². The number of furan rings is 1. The van der Waals surface area contributed by atoms with E-state index in [1.54, 1.807) is 0 Å². The van der Waals surface area contributed by atoms with Crippen molar-refractivity contribution in [2.24, 2.45) is 0 Å². The number of anilines is 2. The predicted molar refractivity (Wildman–Crippen MR) is 246 cm³/mol. The topological polar surface area (TPSA) is 55.1 Å². The SMILES string of the molecule is C=C1/C=C(C)/C=C\C=C\c2cc3ccccc3cc2N1c1ccc2oc3cc4ccccc4c(-c4nc(-c5ccccc5)nc(-c5cccc6ccccc56)n4)c3c2c1. The van der Waals surface area contributed by atoms with E-state index in [-0.39, 0.29) is 0 Å². The number of hydrogen-bond donors (Lipinski definition) is 0. The normalized spacial score (nSPS) is 15.1. The van der Waals surface area contributed by atoms with E-state index in [2.05, 4.69) is 176 Å². The van der Waals surface area contributed by atoms with Gasteiger partial charge < -0.3 is 9.32 Å². The van der Waals surface area contributed by atoms with Crippen molar-refractivity contribution in [2.45, 2.75) is 6.92 Å². The van der Waals surface area contributed by atoms with Gasteiger partial charge in [-0.3, -0.25) is 0 Å². The van der Waals surface area contributed by atoms with Crippen LogP contribution in [0.4, 0.5) is 11.4 Å². The summed E-state index contributed by atoms with van der Waals surface area (Å²) in [5.41, 5.74) is 9.31. The van der Waals surface area contributed by atoms with Gasteiger partial charge >= 0.3 is 0 Å². The fourth-order valence-corrected chi connectivity index (χ4v) is 8.48. The Hall–Kier alpha value is -7.89. The van der Waals surface area contributed by atoms with Crippen molar-refractivity contribution in [3.05, 3.63) is 205 Å². The van der Waals surface area contributed by atoms with Crippen molar-refractivity contribution in [3.8, 4) is 34.2 Å². The summed E-state index contributed by atoms with van der Waals surface area (Å²) in [6.07, 6.45) is 10.6. The monoisotopic (exact) mass is 756 g/mol. The lowest BCUT2D eigenvalue weighted by Crippen LogP contribution is -2.16. The first-order valence-electron chi connectivity index (χ1n) is 19.8. The highest BCUT2D eigenvalue weighted by atomic mass is 16.3. The van der Waals surface area contributed by atoms with Crippen LogP contribution in [0.1, 0.15) is 12.5 Å². The van der Waals surface area contributed by atoms with E-state index in [4.69, 9.17) is 19.4 Å². The van der Waals surface area contributed by atoms with Crippen LogP contribution < -0.4 is 4.90 Å². The van der Waals surface area contributed by atoms with Gasteiger partial charge in [0.25, 0.3) is 0 Å². The van der Waals surface area contributed by atoms with Crippen molar-refractivity contribution in [2.75, 3.05) is 4.90 Å². The van der Waals surface area contributed by atoms with Crippen molar-refractivity contribution < 1.29 is 4.42 Å². The Balaban J connectivity index is 1.20. The van der Waals surface area contributed by atoms with Crippen LogP contribution in [0.25, 0.3) is 94.5 Å². The standard InChI is InChI=1S/C54H36N4O/c1-34-15-6-7-22-41-30-38-19-8-9-20-39(38)31-47(41)58(35(2)29-34)42-27-28-48-46(33-42)50-49(59-48)32-40-21-11-13-25-44(40)51(50)54-56-52(37-17-4-3-5-18-37)55-53(57-54)45-26-14-23-36-16-10-12-24-43(36)45/h3-33H,2H2,1H3/b15-6-,22-7+,34-29+. The highest BCUT2D eigenvalue weighted by molar-refractivity contribution is 6.20. The molecule has 0 N–H and O–H groups in total. The van der Waals surface area contributed by atoms with Crippen LogP contribution in [0.15, 0.2) is 204 Å². The second-order valence-corrected chi connectivity index (χ2v) is 15.0. The molecule has 0 unspecified atom stereocenters. The van der Waals surface area contributed by atoms with Crippen LogP contribution in [-0.4, -0.2) is 15.0 Å². The van der Waals surface area contributed by atoms with E-state index in [0.29, 0.717) is 17.5 Å². The maximum absolute atomic E-state index is 6.76. The van der Waals surface area contributed by atoms with Gasteiger partial charge in [-0.15, -0.1) is 0 Å². The molecule has 5 nitrogen and oxygen atoms in total. The molecule has 8 aromatic carbocycles. The third-order valence-corrected chi connectivity index (χ3v) is 11.2. The number of rotatable bonds is 4. The first kappa shape index (κ1) is 34.4. The molecule has 0 saturated heterocycles. The van der Waals surface area contributed by atoms with Crippen LogP contribution in [0.2, 0.25) is 0 Å². The molecule has 0 saturated carbocycles. The maximum atomic E-state index is 6.76. The number of hydrogen-bond acceptors (Lipinski definition) is 5. The lowest BCUT2D eigenvalue weighted by molar-refractivity contribution is 0.669. The van der Waals surface area contributed by atoms with Gasteiger partial charge in [-0.05, 0) is 92.9 Å². The number of fused-ring (bicyclic) bond motifs is 7. The van der Waals surface area contributed by atoms with Gasteiger partial charge in [0.1, 0.15) is 11.2 Å². The summed E-state index contributed by atoms with van der Waals surface area (Å²) < 4.78 is 6.76. The molecule has 0 bridgehead atoms. The first-order valence-corrected chi connectivity index (χ1v) is 19.8. The Morgan fingerprint density at radius 1 is 0.525 bits per heavy atom. The third kappa shape index (κ3) is 5.99. The molecule has 1 aliphatic rings. The molecule has 2 aromatic heterocycles. The zero-order chi connectivity index (χ0) is 39.5. The highest BCUT2D eigenvalue weighted by Crippen LogP contribution is 2.45. The Labute approximate surface area is 341 Å². The van der Waals surface area contributed by atoms with Gasteiger partial charge in [-0.2, -0.15) is 0 Å². The van der Waals surface area contributed by atoms with E-state index < -0.39 is 0 Å². The van der Waals surface area contributed by atoms with Gasteiger partial charge in [0.2, 0.25) is 0 Å². The van der Waals surface area contributed by atoms with E-state index in [9.17, 15) is 0 Å². The molecule has 10 aromatic rings. The molecule has 5 heteroatoms. The Morgan fingerprint density at radius 3 is 2.05 bits per heavy atom. The number of allylic oxidation sites excluding steroid dienone is 5. The van der Waals surface area contributed by atoms with E-state index >= 15 is 0 Å². The van der Waals surface area contributed by atoms with Gasteiger partial charge in [0.15, 0.2) is 17.5 Å². The summed E-state index contributed by atoms with van der Waals surface area (Å²) >= 11 is 0. The maximum Gasteiger partial charge on any atom is 0.165 e. The summed E-state index contributed by atoms with van der Waals surface area (Å²) in [7, 11) is 0. The van der Waals surface area contributed by atoms with E-state index in [0.717, 1.165) is 93.8 Å². The summed E-state index contributed by atoms with van der Waals surface area (Å²) in [6.45, 7) is 6.75. The highest BCUT2D eigenvalue weighted by Gasteiger charge is 2.24. The van der Waals surface area contributed by atoms with Crippen LogP contribution in [0, 0.1) is 0 Å². The van der Waals surface area contributed by atoms with Crippen LogP contribution in [0.3, 0.4) is 0 Å². The third-order valence-electron chi connectivity index (χ3n) is 11.2. The van der Waals surface area contributed by atoms with E-state index in [1.807, 2.05) is 30.3 Å². The summed E-state index contributed by atoms with van der Waals surface area (Å²) in [5, 5.41) is 8.49. The lowest BCUT2D eigenvalue weighted by atomic mass is 9.97. The Morgan fingerprint density at radius 2 is 1.20 bits per heavy atom. The molecule has 278 valence electrons. The van der Waals surface area contributed by atoms with Gasteiger partial charge in [-0.1, -0.05) is 152 Å². The molecule has 59 heavy (non-hydrogen) atoms. The van der Waals surface area contributed by atoms with E-state index in [1.165, 1.54) is 5.39 Å². The number of aromatic nitrogens is 3. The zero-order valence-electron chi connectivity index (χ0n) is 32.3. The summed E-state index contributed by atoms with van der Waals surface area (Å²) in [5.74, 6) is 1.79. The zero-order valence-corrected chi connectivity index (χ0v) is 32.3. The lowest BCUT2D eigenvalue weighted by Gasteiger charge is -2.28. The van der Waals surface area contributed by atoms with Crippen molar-refractivity contribution in [1.82, 2.24) is 15.0 Å². The fraction of sp³-hybridized carbons (Fsp3) is 0.0185. The predicted octanol–water partition coefficient (Wildman–Crippen LogP) is 14.4. The Bertz CT molecular complexity index is 3420. The van der Waals surface area contributed by atoms with Gasteiger partial charge in [-0.25, -0.2) is 15.0 Å². The van der Waals surface area contributed by atoms with Crippen molar-refractivity contribution in [1.29, 1.82) is 0 Å². The molecule has 3 heterocycles. The average molecular weight is 757 g/mol. The molecular weight excluding hydrogens is 721 g/mol.